The van der Waals surface area contributed by atoms with Crippen LogP contribution in [-0.4, -0.2) is 22.5 Å². The lowest BCUT2D eigenvalue weighted by molar-refractivity contribution is -0.117. The Kier molecular flexibility index (Phi) is 9.47. The van der Waals surface area contributed by atoms with Crippen molar-refractivity contribution in [3.63, 3.8) is 0 Å². The van der Waals surface area contributed by atoms with Gasteiger partial charge in [-0.15, -0.1) is 23.1 Å². The normalized spacial score (nSPS) is 11.6. The van der Waals surface area contributed by atoms with Gasteiger partial charge < -0.3 is 16.0 Å². The van der Waals surface area contributed by atoms with Gasteiger partial charge in [0, 0.05) is 31.7 Å². The number of anilines is 2. The van der Waals surface area contributed by atoms with Gasteiger partial charge in [-0.2, -0.15) is 0 Å². The molecule has 0 saturated heterocycles. The number of hydrogen-bond donors (Lipinski definition) is 3. The largest absolute Gasteiger partial charge is 0.325 e. The van der Waals surface area contributed by atoms with Crippen molar-refractivity contribution < 1.29 is 14.4 Å². The summed E-state index contributed by atoms with van der Waals surface area (Å²) in [6, 6.07) is 25.1. The van der Waals surface area contributed by atoms with Crippen LogP contribution in [0.25, 0.3) is 6.08 Å². The lowest BCUT2D eigenvalue weighted by Gasteiger charge is -2.24. The molecular weight excluding hydrogens is 562 g/mol. The highest BCUT2D eigenvalue weighted by Gasteiger charge is 2.29. The van der Waals surface area contributed by atoms with Gasteiger partial charge in [0.05, 0.1) is 4.75 Å². The van der Waals surface area contributed by atoms with Crippen molar-refractivity contribution >= 4 is 69.9 Å². The van der Waals surface area contributed by atoms with Gasteiger partial charge in [-0.3, -0.25) is 14.4 Å². The Bertz CT molecular complexity index is 1530. The molecule has 0 saturated carbocycles. The molecule has 3 N–H and O–H groups in total. The van der Waals surface area contributed by atoms with Crippen molar-refractivity contribution in [1.29, 1.82) is 0 Å². The third-order valence-corrected chi connectivity index (χ3v) is 8.34. The zero-order chi connectivity index (χ0) is 28.7. The van der Waals surface area contributed by atoms with Crippen LogP contribution in [0.5, 0.6) is 0 Å². The standard InChI is InChI=1S/C31H28ClN3O3S2/c1-20-25(32)12-7-13-26(20)35-30(38)31(2,3)40-23-16-14-22(15-17-23)33-29(37)27(19-24-11-8-18-39-24)34-28(36)21-9-5-4-6-10-21/h4-19H,1-3H3,(H,33,37)(H,34,36)(H,35,38). The summed E-state index contributed by atoms with van der Waals surface area (Å²) in [5, 5.41) is 11.0. The minimum atomic E-state index is -0.780. The number of halogens is 1. The maximum absolute atomic E-state index is 13.2. The van der Waals surface area contributed by atoms with Crippen molar-refractivity contribution in [1.82, 2.24) is 5.32 Å². The molecule has 0 bridgehead atoms. The molecule has 9 heteroatoms. The first kappa shape index (κ1) is 29.1. The fourth-order valence-electron chi connectivity index (χ4n) is 3.62. The van der Waals surface area contributed by atoms with Gasteiger partial charge in [0.15, 0.2) is 0 Å². The molecule has 0 radical (unpaired) electrons. The molecule has 0 aliphatic carbocycles. The Morgan fingerprint density at radius 2 is 1.60 bits per heavy atom. The second-order valence-electron chi connectivity index (χ2n) is 9.35. The second kappa shape index (κ2) is 13.0. The van der Waals surface area contributed by atoms with Crippen LogP contribution in [0.15, 0.2) is 101 Å². The number of hydrogen-bond acceptors (Lipinski definition) is 5. The van der Waals surface area contributed by atoms with Crippen LogP contribution < -0.4 is 16.0 Å². The Balaban J connectivity index is 1.43. The number of thioether (sulfide) groups is 1. The summed E-state index contributed by atoms with van der Waals surface area (Å²) in [5.41, 5.74) is 2.62. The van der Waals surface area contributed by atoms with Gasteiger partial charge in [0.25, 0.3) is 11.8 Å². The second-order valence-corrected chi connectivity index (χ2v) is 12.4. The summed E-state index contributed by atoms with van der Waals surface area (Å²) in [5.74, 6) is -0.980. The van der Waals surface area contributed by atoms with Crippen LogP contribution in [-0.2, 0) is 9.59 Å². The highest BCUT2D eigenvalue weighted by Crippen LogP contribution is 2.35. The number of thiophene rings is 1. The summed E-state index contributed by atoms with van der Waals surface area (Å²) >= 11 is 9.05. The average molecular weight is 590 g/mol. The highest BCUT2D eigenvalue weighted by molar-refractivity contribution is 8.01. The molecule has 0 aliphatic heterocycles. The van der Waals surface area contributed by atoms with Crippen LogP contribution in [0, 0.1) is 6.92 Å². The van der Waals surface area contributed by atoms with E-state index >= 15 is 0 Å². The Labute approximate surface area is 246 Å². The minimum absolute atomic E-state index is 0.129. The van der Waals surface area contributed by atoms with Crippen LogP contribution in [0.2, 0.25) is 5.02 Å². The topological polar surface area (TPSA) is 87.3 Å². The number of amides is 3. The average Bonchev–Trinajstić information content (AvgIpc) is 3.45. The Hall–Kier alpha value is -3.85. The zero-order valence-electron chi connectivity index (χ0n) is 22.2. The smallest absolute Gasteiger partial charge is 0.272 e. The van der Waals surface area contributed by atoms with Gasteiger partial charge in [0.2, 0.25) is 5.91 Å². The molecule has 1 aromatic heterocycles. The SMILES string of the molecule is Cc1c(Cl)cccc1NC(=O)C(C)(C)Sc1ccc(NC(=O)C(=Cc2cccs2)NC(=O)c2ccccc2)cc1. The van der Waals surface area contributed by atoms with E-state index in [0.717, 1.165) is 15.3 Å². The van der Waals surface area contributed by atoms with Crippen LogP contribution >= 0.6 is 34.7 Å². The van der Waals surface area contributed by atoms with Crippen molar-refractivity contribution in [3.8, 4) is 0 Å². The molecule has 40 heavy (non-hydrogen) atoms. The highest BCUT2D eigenvalue weighted by atomic mass is 35.5. The van der Waals surface area contributed by atoms with E-state index in [1.807, 2.05) is 62.5 Å². The fourth-order valence-corrected chi connectivity index (χ4v) is 5.46. The predicted molar refractivity (Wildman–Crippen MR) is 166 cm³/mol. The van der Waals surface area contributed by atoms with Crippen molar-refractivity contribution in [2.24, 2.45) is 0 Å². The van der Waals surface area contributed by atoms with E-state index in [1.54, 1.807) is 54.6 Å². The molecule has 0 spiro atoms. The first-order chi connectivity index (χ1) is 19.1. The molecule has 1 heterocycles. The third kappa shape index (κ3) is 7.63. The monoisotopic (exact) mass is 589 g/mol. The predicted octanol–water partition coefficient (Wildman–Crippen LogP) is 7.63. The number of benzene rings is 3. The van der Waals surface area contributed by atoms with Crippen LogP contribution in [0.3, 0.4) is 0 Å². The molecule has 0 unspecified atom stereocenters. The summed E-state index contributed by atoms with van der Waals surface area (Å²) in [6.07, 6.45) is 1.65. The summed E-state index contributed by atoms with van der Waals surface area (Å²) in [7, 11) is 0. The molecule has 3 aromatic carbocycles. The molecule has 0 fully saturated rings. The third-order valence-electron chi connectivity index (χ3n) is 5.91. The number of rotatable bonds is 9. The van der Waals surface area contributed by atoms with Gasteiger partial charge in [0.1, 0.15) is 5.70 Å². The zero-order valence-corrected chi connectivity index (χ0v) is 24.5. The molecule has 0 atom stereocenters. The fraction of sp³-hybridized carbons (Fsp3) is 0.129. The molecule has 3 amide bonds. The summed E-state index contributed by atoms with van der Waals surface area (Å²) < 4.78 is -0.780. The molecular formula is C31H28ClN3O3S2. The number of carbonyl (C=O) groups is 3. The molecule has 204 valence electrons. The van der Waals surface area contributed by atoms with Gasteiger partial charge in [-0.05, 0) is 92.4 Å². The Morgan fingerprint density at radius 1 is 0.875 bits per heavy atom. The number of nitrogens with one attached hydrogen (secondary N) is 3. The summed E-state index contributed by atoms with van der Waals surface area (Å²) in [4.78, 5) is 40.7. The minimum Gasteiger partial charge on any atom is -0.325 e. The Morgan fingerprint density at radius 3 is 2.27 bits per heavy atom. The molecule has 4 aromatic rings. The lowest BCUT2D eigenvalue weighted by atomic mass is 10.1. The first-order valence-electron chi connectivity index (χ1n) is 12.4. The maximum atomic E-state index is 13.2. The van der Waals surface area contributed by atoms with E-state index in [9.17, 15) is 14.4 Å². The van der Waals surface area contributed by atoms with Crippen molar-refractivity contribution in [2.45, 2.75) is 30.4 Å². The maximum Gasteiger partial charge on any atom is 0.272 e. The van der Waals surface area contributed by atoms with Crippen LogP contribution in [0.1, 0.15) is 34.6 Å². The van der Waals surface area contributed by atoms with Crippen LogP contribution in [0.4, 0.5) is 11.4 Å². The lowest BCUT2D eigenvalue weighted by Crippen LogP contribution is -2.34. The van der Waals surface area contributed by atoms with Crippen molar-refractivity contribution in [3.05, 3.63) is 117 Å². The molecule has 4 rings (SSSR count). The van der Waals surface area contributed by atoms with E-state index in [0.29, 0.717) is 22.0 Å². The van der Waals surface area contributed by atoms with Gasteiger partial charge in [-0.1, -0.05) is 41.9 Å². The first-order valence-corrected chi connectivity index (χ1v) is 14.5. The van der Waals surface area contributed by atoms with E-state index in [4.69, 9.17) is 11.6 Å². The van der Waals surface area contributed by atoms with Gasteiger partial charge >= 0.3 is 0 Å². The molecule has 6 nitrogen and oxygen atoms in total. The van der Waals surface area contributed by atoms with E-state index < -0.39 is 10.7 Å². The van der Waals surface area contributed by atoms with E-state index in [2.05, 4.69) is 16.0 Å². The number of carbonyl (C=O) groups excluding carboxylic acids is 3. The quantitative estimate of drug-likeness (QED) is 0.138. The van der Waals surface area contributed by atoms with Gasteiger partial charge in [-0.25, -0.2) is 0 Å². The molecule has 0 aliphatic rings. The van der Waals surface area contributed by atoms with E-state index in [1.165, 1.54) is 23.1 Å². The summed E-state index contributed by atoms with van der Waals surface area (Å²) in [6.45, 7) is 5.55. The van der Waals surface area contributed by atoms with E-state index in [-0.39, 0.29) is 17.5 Å². The van der Waals surface area contributed by atoms with Crippen molar-refractivity contribution in [2.75, 3.05) is 10.6 Å².